The Morgan fingerprint density at radius 2 is 2.15 bits per heavy atom. The number of ether oxygens (including phenoxy) is 1. The number of aromatic nitrogens is 3. The van der Waals surface area contributed by atoms with Crippen molar-refractivity contribution in [1.82, 2.24) is 14.3 Å². The molecule has 1 aromatic carbocycles. The molecule has 0 spiro atoms. The maximum absolute atomic E-state index is 12.5. The van der Waals surface area contributed by atoms with Crippen molar-refractivity contribution in [2.75, 3.05) is 12.4 Å². The summed E-state index contributed by atoms with van der Waals surface area (Å²) in [6.45, 7) is 0.866. The molecule has 7 heteroatoms. The van der Waals surface area contributed by atoms with Crippen LogP contribution in [0.15, 0.2) is 60.2 Å². The Morgan fingerprint density at radius 1 is 1.23 bits per heavy atom. The van der Waals surface area contributed by atoms with Gasteiger partial charge in [0.05, 0.1) is 25.4 Å². The van der Waals surface area contributed by atoms with Crippen molar-refractivity contribution in [3.63, 3.8) is 0 Å². The predicted molar refractivity (Wildman–Crippen MR) is 103 cm³/mol. The molecule has 0 aliphatic rings. The molecule has 0 unspecified atom stereocenters. The van der Waals surface area contributed by atoms with Crippen LogP contribution in [0.2, 0.25) is 0 Å². The van der Waals surface area contributed by atoms with Crippen LogP contribution in [-0.2, 0) is 17.9 Å². The van der Waals surface area contributed by atoms with Gasteiger partial charge in [-0.25, -0.2) is 4.68 Å². The van der Waals surface area contributed by atoms with Crippen LogP contribution in [-0.4, -0.2) is 27.4 Å². The molecule has 4 aromatic rings. The molecule has 132 valence electrons. The number of carbonyl (C=O) groups excluding carboxylic acids is 1. The molecule has 0 aliphatic carbocycles. The van der Waals surface area contributed by atoms with Crippen LogP contribution >= 0.6 is 11.3 Å². The Hall–Kier alpha value is -3.06. The van der Waals surface area contributed by atoms with Crippen LogP contribution in [0.1, 0.15) is 4.88 Å². The fourth-order valence-electron chi connectivity index (χ4n) is 2.96. The molecule has 0 aliphatic heterocycles. The van der Waals surface area contributed by atoms with Crippen molar-refractivity contribution >= 4 is 34.0 Å². The highest BCUT2D eigenvalue weighted by atomic mass is 32.1. The van der Waals surface area contributed by atoms with Crippen molar-refractivity contribution in [2.45, 2.75) is 13.1 Å². The quantitative estimate of drug-likeness (QED) is 0.567. The summed E-state index contributed by atoms with van der Waals surface area (Å²) in [6.07, 6.45) is 3.59. The van der Waals surface area contributed by atoms with Gasteiger partial charge in [0.1, 0.15) is 18.1 Å². The maximum Gasteiger partial charge on any atom is 0.245 e. The summed E-state index contributed by atoms with van der Waals surface area (Å²) in [5.74, 6) is 1.39. The highest BCUT2D eigenvalue weighted by Gasteiger charge is 2.11. The summed E-state index contributed by atoms with van der Waals surface area (Å²) in [4.78, 5) is 13.7. The van der Waals surface area contributed by atoms with E-state index in [0.717, 1.165) is 16.7 Å². The van der Waals surface area contributed by atoms with E-state index in [9.17, 15) is 4.79 Å². The third kappa shape index (κ3) is 3.21. The second-order valence-corrected chi connectivity index (χ2v) is 6.87. The molecule has 0 radical (unpaired) electrons. The number of hydrogen-bond acceptors (Lipinski definition) is 4. The topological polar surface area (TPSA) is 61.1 Å². The smallest absolute Gasteiger partial charge is 0.245 e. The van der Waals surface area contributed by atoms with Gasteiger partial charge in [-0.1, -0.05) is 12.1 Å². The van der Waals surface area contributed by atoms with Gasteiger partial charge in [-0.2, -0.15) is 5.10 Å². The van der Waals surface area contributed by atoms with Gasteiger partial charge < -0.3 is 14.6 Å². The zero-order chi connectivity index (χ0) is 17.9. The number of rotatable bonds is 6. The lowest BCUT2D eigenvalue weighted by atomic mass is 10.2. The number of hydrogen-bond donors (Lipinski definition) is 1. The summed E-state index contributed by atoms with van der Waals surface area (Å²) >= 11 is 1.67. The summed E-state index contributed by atoms with van der Waals surface area (Å²) in [5.41, 5.74) is 0.964. The van der Waals surface area contributed by atoms with E-state index in [0.29, 0.717) is 12.4 Å². The van der Waals surface area contributed by atoms with Crippen LogP contribution in [0.3, 0.4) is 0 Å². The number of thiophene rings is 1. The highest BCUT2D eigenvalue weighted by molar-refractivity contribution is 7.09. The number of amides is 1. The largest absolute Gasteiger partial charge is 0.496 e. The van der Waals surface area contributed by atoms with Gasteiger partial charge in [-0.05, 0) is 29.6 Å². The molecule has 3 aromatic heterocycles. The molecular formula is C19H18N4O2S. The van der Waals surface area contributed by atoms with Crippen LogP contribution in [0.4, 0.5) is 5.82 Å². The molecule has 26 heavy (non-hydrogen) atoms. The van der Waals surface area contributed by atoms with E-state index < -0.39 is 0 Å². The number of nitrogens with one attached hydrogen (secondary N) is 1. The lowest BCUT2D eigenvalue weighted by molar-refractivity contribution is -0.116. The van der Waals surface area contributed by atoms with Crippen LogP contribution < -0.4 is 10.1 Å². The lowest BCUT2D eigenvalue weighted by Gasteiger charge is -2.10. The maximum atomic E-state index is 12.5. The van der Waals surface area contributed by atoms with Gasteiger partial charge in [0.2, 0.25) is 5.91 Å². The minimum absolute atomic E-state index is 0.0988. The normalized spacial score (nSPS) is 11.0. The predicted octanol–water partition coefficient (Wildman–Crippen LogP) is 3.59. The van der Waals surface area contributed by atoms with Crippen molar-refractivity contribution in [1.29, 1.82) is 0 Å². The van der Waals surface area contributed by atoms with Crippen molar-refractivity contribution in [3.05, 3.63) is 65.1 Å². The lowest BCUT2D eigenvalue weighted by Crippen LogP contribution is -2.20. The number of anilines is 1. The first-order chi connectivity index (χ1) is 12.7. The molecule has 1 N–H and O–H groups in total. The molecule has 4 rings (SSSR count). The summed E-state index contributed by atoms with van der Waals surface area (Å²) in [6, 6.07) is 13.6. The highest BCUT2D eigenvalue weighted by Crippen LogP contribution is 2.26. The summed E-state index contributed by atoms with van der Waals surface area (Å²) in [5, 5.41) is 10.3. The molecule has 0 bridgehead atoms. The van der Waals surface area contributed by atoms with Gasteiger partial charge in [0.15, 0.2) is 0 Å². The monoisotopic (exact) mass is 366 g/mol. The van der Waals surface area contributed by atoms with E-state index in [1.165, 1.54) is 4.88 Å². The van der Waals surface area contributed by atoms with Crippen molar-refractivity contribution in [3.8, 4) is 5.75 Å². The van der Waals surface area contributed by atoms with E-state index in [4.69, 9.17) is 4.74 Å². The first-order valence-electron chi connectivity index (χ1n) is 8.20. The molecule has 6 nitrogen and oxygen atoms in total. The Kier molecular flexibility index (Phi) is 4.45. The molecule has 0 saturated carbocycles. The van der Waals surface area contributed by atoms with Gasteiger partial charge in [0.25, 0.3) is 0 Å². The third-order valence-corrected chi connectivity index (χ3v) is 5.04. The average molecular weight is 366 g/mol. The molecule has 0 saturated heterocycles. The Bertz CT molecular complexity index is 1030. The van der Waals surface area contributed by atoms with Gasteiger partial charge in [-0.3, -0.25) is 4.79 Å². The molecule has 1 amide bonds. The minimum Gasteiger partial charge on any atom is -0.496 e. The van der Waals surface area contributed by atoms with Crippen LogP contribution in [0.5, 0.6) is 5.75 Å². The Labute approximate surface area is 154 Å². The van der Waals surface area contributed by atoms with E-state index in [1.807, 2.05) is 52.5 Å². The zero-order valence-electron chi connectivity index (χ0n) is 14.3. The number of carbonyl (C=O) groups is 1. The van der Waals surface area contributed by atoms with E-state index >= 15 is 0 Å². The van der Waals surface area contributed by atoms with Crippen molar-refractivity contribution in [2.24, 2.45) is 0 Å². The average Bonchev–Trinajstić information content (AvgIpc) is 3.38. The van der Waals surface area contributed by atoms with E-state index in [1.54, 1.807) is 29.3 Å². The fraction of sp³-hybridized carbons (Fsp3) is 0.158. The van der Waals surface area contributed by atoms with E-state index in [-0.39, 0.29) is 12.5 Å². The van der Waals surface area contributed by atoms with E-state index in [2.05, 4.69) is 16.5 Å². The molecule has 3 heterocycles. The Balaban J connectivity index is 1.49. The first kappa shape index (κ1) is 16.4. The standard InChI is InChI=1S/C19H18N4O2S/c1-25-17-6-2-5-16-15(17)8-10-22(16)13-19(24)21-18-7-9-20-23(18)12-14-4-3-11-26-14/h2-11H,12-13H2,1H3,(H,21,24). The molecular weight excluding hydrogens is 348 g/mol. The van der Waals surface area contributed by atoms with Gasteiger partial charge >= 0.3 is 0 Å². The Morgan fingerprint density at radius 3 is 2.96 bits per heavy atom. The van der Waals surface area contributed by atoms with Crippen LogP contribution in [0, 0.1) is 0 Å². The SMILES string of the molecule is COc1cccc2c1ccn2CC(=O)Nc1ccnn1Cc1cccs1. The van der Waals surface area contributed by atoms with Crippen molar-refractivity contribution < 1.29 is 9.53 Å². The summed E-state index contributed by atoms with van der Waals surface area (Å²) in [7, 11) is 1.65. The molecule has 0 fully saturated rings. The first-order valence-corrected chi connectivity index (χ1v) is 9.08. The molecule has 0 atom stereocenters. The zero-order valence-corrected chi connectivity index (χ0v) is 15.1. The summed E-state index contributed by atoms with van der Waals surface area (Å²) < 4.78 is 9.07. The number of fused-ring (bicyclic) bond motifs is 1. The van der Waals surface area contributed by atoms with Gasteiger partial charge in [0, 0.05) is 22.5 Å². The second kappa shape index (κ2) is 7.05. The fourth-order valence-corrected chi connectivity index (χ4v) is 3.65. The van der Waals surface area contributed by atoms with Crippen LogP contribution in [0.25, 0.3) is 10.9 Å². The van der Waals surface area contributed by atoms with Gasteiger partial charge in [-0.15, -0.1) is 11.3 Å². The minimum atomic E-state index is -0.0988. The third-order valence-electron chi connectivity index (χ3n) is 4.18. The second-order valence-electron chi connectivity index (χ2n) is 5.84. The number of nitrogens with zero attached hydrogens (tertiary/aromatic N) is 3. The number of benzene rings is 1. The number of methoxy groups -OCH3 is 1.